The molecular formula is C20H12ClF8N7O. The Hall–Kier alpha value is -3.74. The molecule has 37 heavy (non-hydrogen) atoms. The van der Waals surface area contributed by atoms with Gasteiger partial charge in [-0.15, -0.1) is 0 Å². The highest BCUT2D eigenvalue weighted by Gasteiger charge is 2.64. The molecule has 3 aromatic heterocycles. The zero-order chi connectivity index (χ0) is 27.6. The highest BCUT2D eigenvalue weighted by atomic mass is 35.5. The topological polar surface area (TPSA) is 101 Å². The van der Waals surface area contributed by atoms with Crippen LogP contribution in [0.25, 0.3) is 16.9 Å². The molecule has 0 unspecified atom stereocenters. The van der Waals surface area contributed by atoms with Crippen LogP contribution in [0.5, 0.6) is 0 Å². The van der Waals surface area contributed by atoms with Crippen LogP contribution in [0.15, 0.2) is 24.7 Å². The van der Waals surface area contributed by atoms with E-state index in [-0.39, 0.29) is 26.5 Å². The highest BCUT2D eigenvalue weighted by Crippen LogP contribution is 2.49. The average molecular weight is 554 g/mol. The van der Waals surface area contributed by atoms with E-state index >= 15 is 0 Å². The molecular weight excluding hydrogens is 542 g/mol. The minimum Gasteiger partial charge on any atom is -0.334 e. The number of nitrogens with one attached hydrogen (secondary N) is 1. The van der Waals surface area contributed by atoms with Crippen LogP contribution in [0.3, 0.4) is 0 Å². The van der Waals surface area contributed by atoms with Gasteiger partial charge >= 0.3 is 18.3 Å². The molecule has 8 nitrogen and oxygen atoms in total. The number of carbonyl (C=O) groups excluding carboxylic acids is 1. The summed E-state index contributed by atoms with van der Waals surface area (Å²) in [5, 5.41) is 17.9. The number of alkyl halides is 8. The summed E-state index contributed by atoms with van der Waals surface area (Å²) >= 11 is 5.97. The van der Waals surface area contributed by atoms with Gasteiger partial charge in [-0.05, 0) is 18.9 Å². The molecule has 196 valence electrons. The number of hydrogen-bond donors (Lipinski definition) is 1. The van der Waals surface area contributed by atoms with Gasteiger partial charge in [0.25, 0.3) is 5.91 Å². The summed E-state index contributed by atoms with van der Waals surface area (Å²) in [6.07, 6.45) is -8.15. The van der Waals surface area contributed by atoms with Crippen molar-refractivity contribution in [3.8, 4) is 23.0 Å². The first-order valence-corrected chi connectivity index (χ1v) is 10.4. The lowest BCUT2D eigenvalue weighted by atomic mass is 10.1. The van der Waals surface area contributed by atoms with E-state index in [4.69, 9.17) is 16.9 Å². The SMILES string of the molecule is Cn1nc(C(F)(F)C(F)(F)F)c(C(F)(F)F)c1-n1cc(-c2cnc(Cl)c(C(=O)NC3(C#N)CC3)c2)cn1. The van der Waals surface area contributed by atoms with Crippen molar-refractivity contribution in [2.45, 2.75) is 36.7 Å². The summed E-state index contributed by atoms with van der Waals surface area (Å²) in [4.78, 5) is 16.4. The van der Waals surface area contributed by atoms with Gasteiger partial charge in [-0.25, -0.2) is 14.3 Å². The Bertz CT molecular complexity index is 1430. The molecule has 0 spiro atoms. The van der Waals surface area contributed by atoms with Crippen molar-refractivity contribution in [1.29, 1.82) is 5.26 Å². The summed E-state index contributed by atoms with van der Waals surface area (Å²) in [6, 6.07) is 3.16. The lowest BCUT2D eigenvalue weighted by molar-refractivity contribution is -0.292. The van der Waals surface area contributed by atoms with Crippen molar-refractivity contribution in [3.05, 3.63) is 46.6 Å². The first kappa shape index (κ1) is 26.3. The summed E-state index contributed by atoms with van der Waals surface area (Å²) in [6.45, 7) is 0. The predicted octanol–water partition coefficient (Wildman–Crippen LogP) is 4.78. The molecule has 1 aliphatic carbocycles. The normalized spacial score (nSPS) is 15.4. The van der Waals surface area contributed by atoms with Crippen LogP contribution in [-0.4, -0.2) is 42.2 Å². The fourth-order valence-corrected chi connectivity index (χ4v) is 3.61. The Morgan fingerprint density at radius 2 is 1.78 bits per heavy atom. The average Bonchev–Trinajstić information content (AvgIpc) is 3.21. The maximum Gasteiger partial charge on any atom is 0.459 e. The summed E-state index contributed by atoms with van der Waals surface area (Å²) in [7, 11) is 0.747. The monoisotopic (exact) mass is 553 g/mol. The summed E-state index contributed by atoms with van der Waals surface area (Å²) in [5.74, 6) is -7.85. The highest BCUT2D eigenvalue weighted by molar-refractivity contribution is 6.32. The van der Waals surface area contributed by atoms with Crippen LogP contribution in [0.4, 0.5) is 35.1 Å². The maximum absolute atomic E-state index is 13.9. The molecule has 0 saturated heterocycles. The molecule has 1 amide bonds. The number of nitrogens with zero attached hydrogens (tertiary/aromatic N) is 6. The second-order valence-corrected chi connectivity index (χ2v) is 8.48. The molecule has 0 bridgehead atoms. The van der Waals surface area contributed by atoms with E-state index in [0.717, 1.165) is 25.6 Å². The molecule has 4 rings (SSSR count). The molecule has 0 aromatic carbocycles. The van der Waals surface area contributed by atoms with Gasteiger partial charge in [0.05, 0.1) is 17.8 Å². The third-order valence-corrected chi connectivity index (χ3v) is 5.79. The van der Waals surface area contributed by atoms with Gasteiger partial charge in [0.15, 0.2) is 11.5 Å². The number of hydrogen-bond acceptors (Lipinski definition) is 5. The van der Waals surface area contributed by atoms with Crippen molar-refractivity contribution in [1.82, 2.24) is 29.9 Å². The Balaban J connectivity index is 1.77. The van der Waals surface area contributed by atoms with E-state index in [9.17, 15) is 39.9 Å². The van der Waals surface area contributed by atoms with Gasteiger partial charge in [0, 0.05) is 30.6 Å². The first-order chi connectivity index (χ1) is 17.0. The van der Waals surface area contributed by atoms with Crippen LogP contribution >= 0.6 is 11.6 Å². The largest absolute Gasteiger partial charge is 0.459 e. The fraction of sp³-hybridized carbons (Fsp3) is 0.350. The Labute approximate surface area is 206 Å². The predicted molar refractivity (Wildman–Crippen MR) is 109 cm³/mol. The minimum absolute atomic E-state index is 0.0121. The zero-order valence-corrected chi connectivity index (χ0v) is 19.0. The smallest absolute Gasteiger partial charge is 0.334 e. The zero-order valence-electron chi connectivity index (χ0n) is 18.2. The van der Waals surface area contributed by atoms with Crippen LogP contribution in [0.1, 0.15) is 34.5 Å². The van der Waals surface area contributed by atoms with E-state index < -0.39 is 46.8 Å². The van der Waals surface area contributed by atoms with Gasteiger partial charge in [0.2, 0.25) is 0 Å². The van der Waals surface area contributed by atoms with Crippen LogP contribution < -0.4 is 5.32 Å². The van der Waals surface area contributed by atoms with Crippen LogP contribution in [0.2, 0.25) is 5.15 Å². The van der Waals surface area contributed by atoms with Gasteiger partial charge < -0.3 is 5.32 Å². The fourth-order valence-electron chi connectivity index (χ4n) is 3.42. The third-order valence-electron chi connectivity index (χ3n) is 5.49. The number of halogens is 9. The van der Waals surface area contributed by atoms with Crippen LogP contribution in [-0.2, 0) is 19.1 Å². The maximum atomic E-state index is 13.9. The van der Waals surface area contributed by atoms with Crippen LogP contribution in [0, 0.1) is 11.3 Å². The second kappa shape index (κ2) is 8.40. The number of pyridine rings is 1. The van der Waals surface area contributed by atoms with Crippen molar-refractivity contribution >= 4 is 17.5 Å². The molecule has 3 heterocycles. The Morgan fingerprint density at radius 3 is 2.32 bits per heavy atom. The van der Waals surface area contributed by atoms with E-state index in [1.807, 2.05) is 6.07 Å². The van der Waals surface area contributed by atoms with Crippen molar-refractivity contribution in [3.63, 3.8) is 0 Å². The quantitative estimate of drug-likeness (QED) is 0.362. The van der Waals surface area contributed by atoms with E-state index in [1.54, 1.807) is 0 Å². The Morgan fingerprint density at radius 1 is 1.14 bits per heavy atom. The van der Waals surface area contributed by atoms with Gasteiger partial charge in [-0.3, -0.25) is 4.79 Å². The van der Waals surface area contributed by atoms with Crippen molar-refractivity contribution in [2.24, 2.45) is 7.05 Å². The first-order valence-electron chi connectivity index (χ1n) is 10.0. The molecule has 1 saturated carbocycles. The minimum atomic E-state index is -6.34. The number of carbonyl (C=O) groups is 1. The van der Waals surface area contributed by atoms with Gasteiger partial charge in [-0.1, -0.05) is 11.6 Å². The molecule has 3 aromatic rings. The molecule has 0 aliphatic heterocycles. The standard InChI is InChI=1S/C20H12ClF8N7O/c1-35-16(12(19(24,25)26)13(34-35)18(22,23)20(27,28)29)36-7-10(6-32-36)9-4-11(14(21)31-5-9)15(37)33-17(8-30)2-3-17/h4-7H,2-3H2,1H3,(H,33,37). The third kappa shape index (κ3) is 4.59. The number of aromatic nitrogens is 5. The molecule has 0 radical (unpaired) electrons. The molecule has 1 aliphatic rings. The summed E-state index contributed by atoms with van der Waals surface area (Å²) in [5.41, 5.74) is -5.95. The molecule has 1 fully saturated rings. The van der Waals surface area contributed by atoms with Gasteiger partial charge in [0.1, 0.15) is 16.3 Å². The van der Waals surface area contributed by atoms with E-state index in [1.165, 1.54) is 6.07 Å². The van der Waals surface area contributed by atoms with Crippen molar-refractivity contribution < 1.29 is 39.9 Å². The molecule has 1 N–H and O–H groups in total. The summed E-state index contributed by atoms with van der Waals surface area (Å²) < 4.78 is 108. The lowest BCUT2D eigenvalue weighted by Gasteiger charge is -2.19. The number of nitriles is 1. The second-order valence-electron chi connectivity index (χ2n) is 8.12. The Kier molecular flexibility index (Phi) is 5.98. The van der Waals surface area contributed by atoms with Gasteiger partial charge in [-0.2, -0.15) is 50.6 Å². The number of rotatable bonds is 5. The number of amides is 1. The van der Waals surface area contributed by atoms with Crippen molar-refractivity contribution in [2.75, 3.05) is 0 Å². The lowest BCUT2D eigenvalue weighted by Crippen LogP contribution is -2.36. The van der Waals surface area contributed by atoms with E-state index in [2.05, 4.69) is 20.5 Å². The number of aryl methyl sites for hydroxylation is 1. The molecule has 17 heteroatoms. The van der Waals surface area contributed by atoms with E-state index in [0.29, 0.717) is 17.5 Å². The molecule has 0 atom stereocenters.